The summed E-state index contributed by atoms with van der Waals surface area (Å²) in [6, 6.07) is 6.17. The zero-order valence-electron chi connectivity index (χ0n) is 14.2. The lowest BCUT2D eigenvalue weighted by Gasteiger charge is -2.33. The third-order valence-electron chi connectivity index (χ3n) is 4.46. The molecule has 3 aromatic heterocycles. The number of hydrogen-bond acceptors (Lipinski definition) is 6. The molecule has 4 rings (SSSR count). The van der Waals surface area contributed by atoms with Crippen LogP contribution in [0.3, 0.4) is 0 Å². The molecule has 130 valence electrons. The molecule has 0 aromatic carbocycles. The topological polar surface area (TPSA) is 73.9 Å². The zero-order chi connectivity index (χ0) is 17.1. The second kappa shape index (κ2) is 7.12. The molecule has 1 aliphatic rings. The highest BCUT2D eigenvalue weighted by Gasteiger charge is 2.24. The molecular formula is C17H21N7O. The second-order valence-corrected chi connectivity index (χ2v) is 6.11. The Kier molecular flexibility index (Phi) is 4.53. The maximum Gasteiger partial charge on any atom is 0.161 e. The maximum absolute atomic E-state index is 5.49. The fourth-order valence-electron chi connectivity index (χ4n) is 3.14. The SMILES string of the molecule is Cn1ccnc1-c1cn(CC(c2ccccn2)N2CCOCC2)nn1. The molecule has 0 spiro atoms. The number of hydrogen-bond donors (Lipinski definition) is 0. The first-order valence-corrected chi connectivity index (χ1v) is 8.42. The molecule has 8 heteroatoms. The summed E-state index contributed by atoms with van der Waals surface area (Å²) in [6.45, 7) is 3.97. The first kappa shape index (κ1) is 15.9. The van der Waals surface area contributed by atoms with Crippen LogP contribution >= 0.6 is 0 Å². The van der Waals surface area contributed by atoms with E-state index in [1.807, 2.05) is 47.0 Å². The van der Waals surface area contributed by atoms with E-state index in [0.29, 0.717) is 6.54 Å². The van der Waals surface area contributed by atoms with Crippen molar-refractivity contribution in [2.24, 2.45) is 7.05 Å². The van der Waals surface area contributed by atoms with Crippen LogP contribution in [0.15, 0.2) is 43.0 Å². The Morgan fingerprint density at radius 2 is 2.04 bits per heavy atom. The quantitative estimate of drug-likeness (QED) is 0.694. The summed E-state index contributed by atoms with van der Waals surface area (Å²) >= 11 is 0. The third-order valence-corrected chi connectivity index (χ3v) is 4.46. The maximum atomic E-state index is 5.49. The van der Waals surface area contributed by atoms with Gasteiger partial charge in [-0.3, -0.25) is 9.88 Å². The summed E-state index contributed by atoms with van der Waals surface area (Å²) < 4.78 is 9.31. The van der Waals surface area contributed by atoms with Gasteiger partial charge in [-0.15, -0.1) is 5.10 Å². The molecule has 1 unspecified atom stereocenters. The van der Waals surface area contributed by atoms with E-state index < -0.39 is 0 Å². The average molecular weight is 339 g/mol. The van der Waals surface area contributed by atoms with E-state index >= 15 is 0 Å². The number of aromatic nitrogens is 6. The van der Waals surface area contributed by atoms with Crippen LogP contribution < -0.4 is 0 Å². The largest absolute Gasteiger partial charge is 0.379 e. The molecule has 1 aliphatic heterocycles. The fraction of sp³-hybridized carbons (Fsp3) is 0.412. The number of aryl methyl sites for hydroxylation is 1. The van der Waals surface area contributed by atoms with Crippen molar-refractivity contribution in [2.45, 2.75) is 12.6 Å². The number of nitrogens with zero attached hydrogens (tertiary/aromatic N) is 7. The van der Waals surface area contributed by atoms with Gasteiger partial charge < -0.3 is 9.30 Å². The van der Waals surface area contributed by atoms with E-state index in [-0.39, 0.29) is 6.04 Å². The van der Waals surface area contributed by atoms with E-state index in [4.69, 9.17) is 4.74 Å². The van der Waals surface area contributed by atoms with Crippen molar-refractivity contribution in [1.29, 1.82) is 0 Å². The molecule has 1 saturated heterocycles. The zero-order valence-corrected chi connectivity index (χ0v) is 14.2. The van der Waals surface area contributed by atoms with Crippen molar-refractivity contribution >= 4 is 0 Å². The summed E-state index contributed by atoms with van der Waals surface area (Å²) in [5.74, 6) is 0.812. The van der Waals surface area contributed by atoms with E-state index in [0.717, 1.165) is 43.5 Å². The van der Waals surface area contributed by atoms with Crippen LogP contribution in [0.1, 0.15) is 11.7 Å². The van der Waals surface area contributed by atoms with E-state index in [9.17, 15) is 0 Å². The molecule has 0 radical (unpaired) electrons. The Morgan fingerprint density at radius 3 is 2.76 bits per heavy atom. The minimum Gasteiger partial charge on any atom is -0.379 e. The van der Waals surface area contributed by atoms with Crippen molar-refractivity contribution in [3.05, 3.63) is 48.7 Å². The normalized spacial score (nSPS) is 16.8. The van der Waals surface area contributed by atoms with Gasteiger partial charge in [0.15, 0.2) is 5.82 Å². The van der Waals surface area contributed by atoms with Gasteiger partial charge in [0.25, 0.3) is 0 Å². The van der Waals surface area contributed by atoms with Gasteiger partial charge in [-0.05, 0) is 12.1 Å². The number of imidazole rings is 1. The van der Waals surface area contributed by atoms with Crippen molar-refractivity contribution in [1.82, 2.24) is 34.4 Å². The number of pyridine rings is 1. The van der Waals surface area contributed by atoms with Crippen LogP contribution in [0.5, 0.6) is 0 Å². The second-order valence-electron chi connectivity index (χ2n) is 6.11. The molecule has 25 heavy (non-hydrogen) atoms. The highest BCUT2D eigenvalue weighted by atomic mass is 16.5. The lowest BCUT2D eigenvalue weighted by molar-refractivity contribution is 0.0105. The van der Waals surface area contributed by atoms with E-state index in [1.165, 1.54) is 0 Å². The fourth-order valence-corrected chi connectivity index (χ4v) is 3.14. The lowest BCUT2D eigenvalue weighted by atomic mass is 10.1. The van der Waals surface area contributed by atoms with E-state index in [2.05, 4.69) is 31.2 Å². The summed E-state index contributed by atoms with van der Waals surface area (Å²) in [5.41, 5.74) is 1.81. The van der Waals surface area contributed by atoms with Gasteiger partial charge in [-0.1, -0.05) is 11.3 Å². The first-order valence-electron chi connectivity index (χ1n) is 8.42. The highest BCUT2D eigenvalue weighted by Crippen LogP contribution is 2.22. The average Bonchev–Trinajstić information content (AvgIpc) is 3.29. The Labute approximate surface area is 146 Å². The summed E-state index contributed by atoms with van der Waals surface area (Å²) in [4.78, 5) is 11.3. The summed E-state index contributed by atoms with van der Waals surface area (Å²) in [7, 11) is 1.95. The van der Waals surface area contributed by atoms with Gasteiger partial charge >= 0.3 is 0 Å². The van der Waals surface area contributed by atoms with Crippen LogP contribution in [0.2, 0.25) is 0 Å². The van der Waals surface area contributed by atoms with Crippen LogP contribution in [0, 0.1) is 0 Å². The molecule has 4 heterocycles. The molecule has 3 aromatic rings. The Hall–Kier alpha value is -2.58. The number of morpholine rings is 1. The number of rotatable bonds is 5. The van der Waals surface area contributed by atoms with Crippen LogP contribution in [-0.2, 0) is 18.3 Å². The van der Waals surface area contributed by atoms with Gasteiger partial charge in [0, 0.05) is 38.7 Å². The summed E-state index contributed by atoms with van der Waals surface area (Å²) in [5, 5.41) is 8.58. The molecule has 0 bridgehead atoms. The van der Waals surface area contributed by atoms with Crippen LogP contribution in [0.25, 0.3) is 11.5 Å². The van der Waals surface area contributed by atoms with E-state index in [1.54, 1.807) is 6.20 Å². The van der Waals surface area contributed by atoms with Gasteiger partial charge in [0.2, 0.25) is 0 Å². The molecule has 0 saturated carbocycles. The highest BCUT2D eigenvalue weighted by molar-refractivity contribution is 5.47. The molecule has 0 N–H and O–H groups in total. The van der Waals surface area contributed by atoms with Gasteiger partial charge in [0.1, 0.15) is 5.69 Å². The Balaban J connectivity index is 1.58. The predicted molar refractivity (Wildman–Crippen MR) is 91.6 cm³/mol. The van der Waals surface area contributed by atoms with Crippen molar-refractivity contribution in [2.75, 3.05) is 26.3 Å². The standard InChI is InChI=1S/C17H21N7O/c1-22-7-6-19-17(22)15-12-24(21-20-15)13-16(14-4-2-3-5-18-14)23-8-10-25-11-9-23/h2-7,12,16H,8-11,13H2,1H3. The molecule has 1 fully saturated rings. The third kappa shape index (κ3) is 3.45. The lowest BCUT2D eigenvalue weighted by Crippen LogP contribution is -2.41. The minimum absolute atomic E-state index is 0.140. The molecule has 1 atom stereocenters. The minimum atomic E-state index is 0.140. The van der Waals surface area contributed by atoms with Gasteiger partial charge in [-0.2, -0.15) is 0 Å². The first-order chi connectivity index (χ1) is 12.3. The Morgan fingerprint density at radius 1 is 1.16 bits per heavy atom. The van der Waals surface area contributed by atoms with Crippen molar-refractivity contribution < 1.29 is 4.74 Å². The van der Waals surface area contributed by atoms with Crippen molar-refractivity contribution in [3.63, 3.8) is 0 Å². The van der Waals surface area contributed by atoms with Gasteiger partial charge in [0.05, 0.1) is 37.7 Å². The molecule has 0 aliphatic carbocycles. The van der Waals surface area contributed by atoms with Crippen LogP contribution in [0.4, 0.5) is 0 Å². The van der Waals surface area contributed by atoms with Gasteiger partial charge in [-0.25, -0.2) is 9.67 Å². The molecule has 0 amide bonds. The summed E-state index contributed by atoms with van der Waals surface area (Å²) in [6.07, 6.45) is 7.44. The predicted octanol–water partition coefficient (Wildman–Crippen LogP) is 1.15. The monoisotopic (exact) mass is 339 g/mol. The smallest absolute Gasteiger partial charge is 0.161 e. The molecular weight excluding hydrogens is 318 g/mol. The molecule has 8 nitrogen and oxygen atoms in total. The van der Waals surface area contributed by atoms with Crippen molar-refractivity contribution in [3.8, 4) is 11.5 Å². The van der Waals surface area contributed by atoms with Crippen LogP contribution in [-0.4, -0.2) is 60.7 Å². The number of ether oxygens (including phenoxy) is 1. The Bertz CT molecular complexity index is 807.